The molecule has 6 N–H and O–H groups in total. The van der Waals surface area contributed by atoms with Crippen molar-refractivity contribution in [3.8, 4) is 5.75 Å². The molecule has 0 unspecified atom stereocenters. The van der Waals surface area contributed by atoms with Crippen LogP contribution in [0.3, 0.4) is 0 Å². The first-order chi connectivity index (χ1) is 17.5. The number of ether oxygens (including phenoxy) is 2. The molecule has 0 aliphatic carbocycles. The summed E-state index contributed by atoms with van der Waals surface area (Å²) in [4.78, 5) is 30.6. The van der Waals surface area contributed by atoms with E-state index in [2.05, 4.69) is 24.8 Å². The molecule has 3 heterocycles. The number of carbonyl (C=O) groups is 1. The van der Waals surface area contributed by atoms with Gasteiger partial charge in [0.05, 0.1) is 41.2 Å². The van der Waals surface area contributed by atoms with Crippen molar-refractivity contribution >= 4 is 39.2 Å². The average molecular weight is 488 g/mol. The zero-order chi connectivity index (χ0) is 25.1. The van der Waals surface area contributed by atoms with E-state index in [1.165, 1.54) is 6.20 Å². The standard InChI is InChI=1S/C26H29N7O3/c1-16-29-21-5-3-18(13-23(21)30-16)31-26(28)20(15-27)25(34)24-12-17-2-4-19(14-22(17)32-24)36-11-8-33-6-9-35-10-7-33/h2-5,12-15,32H,6-11,27H2,1H3,(H2,28,31)(H,29,30). The fourth-order valence-electron chi connectivity index (χ4n) is 4.25. The van der Waals surface area contributed by atoms with Gasteiger partial charge in [-0.2, -0.15) is 0 Å². The zero-order valence-corrected chi connectivity index (χ0v) is 20.1. The maximum Gasteiger partial charge on any atom is 0.214 e. The third kappa shape index (κ3) is 5.09. The maximum absolute atomic E-state index is 13.2. The summed E-state index contributed by atoms with van der Waals surface area (Å²) in [6, 6.07) is 12.9. The van der Waals surface area contributed by atoms with Gasteiger partial charge >= 0.3 is 0 Å². The topological polar surface area (TPSA) is 148 Å². The Morgan fingerprint density at radius 3 is 2.81 bits per heavy atom. The summed E-state index contributed by atoms with van der Waals surface area (Å²) in [5.41, 5.74) is 15.5. The summed E-state index contributed by atoms with van der Waals surface area (Å²) in [7, 11) is 0. The number of carbonyl (C=O) groups excluding carboxylic acids is 1. The van der Waals surface area contributed by atoms with E-state index in [9.17, 15) is 4.79 Å². The maximum atomic E-state index is 13.2. The van der Waals surface area contributed by atoms with E-state index >= 15 is 0 Å². The monoisotopic (exact) mass is 487 g/mol. The minimum Gasteiger partial charge on any atom is -0.492 e. The van der Waals surface area contributed by atoms with Crippen LogP contribution in [0.5, 0.6) is 5.75 Å². The molecule has 0 amide bonds. The highest BCUT2D eigenvalue weighted by atomic mass is 16.5. The second kappa shape index (κ2) is 10.2. The number of imidazole rings is 1. The van der Waals surface area contributed by atoms with E-state index in [0.717, 1.165) is 66.4 Å². The van der Waals surface area contributed by atoms with Gasteiger partial charge in [0, 0.05) is 42.8 Å². The van der Waals surface area contributed by atoms with Crippen molar-refractivity contribution in [1.29, 1.82) is 0 Å². The van der Waals surface area contributed by atoms with Crippen LogP contribution in [0.2, 0.25) is 0 Å². The number of hydrogen-bond donors (Lipinski definition) is 4. The molecular weight excluding hydrogens is 458 g/mol. The van der Waals surface area contributed by atoms with Crippen LogP contribution in [0.4, 0.5) is 5.69 Å². The molecule has 2 aromatic heterocycles. The third-order valence-electron chi connectivity index (χ3n) is 6.14. The first kappa shape index (κ1) is 23.6. The van der Waals surface area contributed by atoms with Crippen LogP contribution in [0.1, 0.15) is 16.3 Å². The van der Waals surface area contributed by atoms with Gasteiger partial charge < -0.3 is 30.9 Å². The van der Waals surface area contributed by atoms with Gasteiger partial charge in [-0.25, -0.2) is 9.98 Å². The van der Waals surface area contributed by atoms with E-state index in [1.54, 1.807) is 12.1 Å². The smallest absolute Gasteiger partial charge is 0.214 e. The molecule has 1 fully saturated rings. The van der Waals surface area contributed by atoms with Crippen LogP contribution in [0, 0.1) is 6.92 Å². The number of aromatic amines is 2. The lowest BCUT2D eigenvalue weighted by molar-refractivity contribution is 0.0322. The summed E-state index contributed by atoms with van der Waals surface area (Å²) in [6.07, 6.45) is 1.19. The summed E-state index contributed by atoms with van der Waals surface area (Å²) in [5.74, 6) is 1.23. The zero-order valence-electron chi connectivity index (χ0n) is 20.1. The van der Waals surface area contributed by atoms with Crippen LogP contribution in [-0.4, -0.2) is 70.9 Å². The lowest BCUT2D eigenvalue weighted by Crippen LogP contribution is -2.38. The third-order valence-corrected chi connectivity index (χ3v) is 6.14. The quantitative estimate of drug-likeness (QED) is 0.129. The number of rotatable bonds is 8. The molecule has 0 bridgehead atoms. The fourth-order valence-corrected chi connectivity index (χ4v) is 4.25. The Morgan fingerprint density at radius 1 is 1.17 bits per heavy atom. The van der Waals surface area contributed by atoms with Crippen molar-refractivity contribution in [2.45, 2.75) is 6.92 Å². The van der Waals surface area contributed by atoms with Crippen molar-refractivity contribution in [3.63, 3.8) is 0 Å². The van der Waals surface area contributed by atoms with Crippen LogP contribution < -0.4 is 16.2 Å². The second-order valence-electron chi connectivity index (χ2n) is 8.66. The van der Waals surface area contributed by atoms with Crippen LogP contribution in [0.15, 0.2) is 59.2 Å². The Morgan fingerprint density at radius 2 is 2.00 bits per heavy atom. The highest BCUT2D eigenvalue weighted by Gasteiger charge is 2.19. The first-order valence-electron chi connectivity index (χ1n) is 11.8. The Bertz CT molecular complexity index is 1460. The molecule has 0 spiro atoms. The minimum atomic E-state index is -0.344. The van der Waals surface area contributed by atoms with Gasteiger partial charge in [0.2, 0.25) is 5.78 Å². The Balaban J connectivity index is 1.29. The molecule has 4 aromatic rings. The molecule has 5 rings (SSSR count). The first-order valence-corrected chi connectivity index (χ1v) is 11.8. The summed E-state index contributed by atoms with van der Waals surface area (Å²) >= 11 is 0. The number of aryl methyl sites for hydroxylation is 1. The van der Waals surface area contributed by atoms with Crippen molar-refractivity contribution < 1.29 is 14.3 Å². The Labute approximate surface area is 208 Å². The van der Waals surface area contributed by atoms with Crippen LogP contribution in [0.25, 0.3) is 21.9 Å². The molecule has 0 atom stereocenters. The molecule has 186 valence electrons. The van der Waals surface area contributed by atoms with Crippen molar-refractivity contribution in [3.05, 3.63) is 65.8 Å². The van der Waals surface area contributed by atoms with Gasteiger partial charge in [-0.05, 0) is 43.3 Å². The largest absolute Gasteiger partial charge is 0.492 e. The number of H-pyrrole nitrogens is 2. The van der Waals surface area contributed by atoms with Crippen molar-refractivity contribution in [2.75, 3.05) is 39.5 Å². The molecule has 1 saturated heterocycles. The molecule has 10 heteroatoms. The molecule has 1 aliphatic rings. The lowest BCUT2D eigenvalue weighted by Gasteiger charge is -2.26. The van der Waals surface area contributed by atoms with Gasteiger partial charge in [-0.15, -0.1) is 0 Å². The number of aromatic nitrogens is 3. The van der Waals surface area contributed by atoms with E-state index in [1.807, 2.05) is 37.3 Å². The van der Waals surface area contributed by atoms with E-state index in [0.29, 0.717) is 18.0 Å². The number of benzene rings is 2. The molecule has 1 aliphatic heterocycles. The van der Waals surface area contributed by atoms with E-state index in [-0.39, 0.29) is 17.2 Å². The summed E-state index contributed by atoms with van der Waals surface area (Å²) in [5, 5.41) is 0.880. The SMILES string of the molecule is Cc1nc2ccc(N=C(N)C(=CN)C(=O)c3cc4ccc(OCCN5CCOCC5)cc4[nH]3)cc2[nH]1. The van der Waals surface area contributed by atoms with Gasteiger partial charge in [0.25, 0.3) is 0 Å². The summed E-state index contributed by atoms with van der Waals surface area (Å²) < 4.78 is 11.3. The highest BCUT2D eigenvalue weighted by Crippen LogP contribution is 2.24. The molecule has 0 radical (unpaired) electrons. The number of ketones is 1. The number of aliphatic imine (C=N–C) groups is 1. The number of amidine groups is 1. The number of hydrogen-bond acceptors (Lipinski definition) is 7. The molecule has 2 aromatic carbocycles. The van der Waals surface area contributed by atoms with Crippen LogP contribution >= 0.6 is 0 Å². The number of nitrogens with one attached hydrogen (secondary N) is 2. The number of nitrogens with two attached hydrogens (primary N) is 2. The predicted molar refractivity (Wildman–Crippen MR) is 140 cm³/mol. The number of fused-ring (bicyclic) bond motifs is 2. The lowest BCUT2D eigenvalue weighted by atomic mass is 10.1. The molecule has 36 heavy (non-hydrogen) atoms. The van der Waals surface area contributed by atoms with E-state index < -0.39 is 0 Å². The molecule has 0 saturated carbocycles. The molecular formula is C26H29N7O3. The number of morpholine rings is 1. The van der Waals surface area contributed by atoms with Gasteiger partial charge in [0.1, 0.15) is 24.0 Å². The number of Topliss-reactive ketones (excluding diaryl/α,β-unsaturated/α-hetero) is 1. The van der Waals surface area contributed by atoms with Gasteiger partial charge in [-0.3, -0.25) is 9.69 Å². The van der Waals surface area contributed by atoms with Gasteiger partial charge in [0.15, 0.2) is 0 Å². The van der Waals surface area contributed by atoms with Crippen molar-refractivity contribution in [1.82, 2.24) is 19.9 Å². The number of nitrogens with zero attached hydrogens (tertiary/aromatic N) is 3. The van der Waals surface area contributed by atoms with Crippen molar-refractivity contribution in [2.24, 2.45) is 16.5 Å². The van der Waals surface area contributed by atoms with E-state index in [4.69, 9.17) is 20.9 Å². The average Bonchev–Trinajstić information content (AvgIpc) is 3.47. The fraction of sp³-hybridized carbons (Fsp3) is 0.269. The van der Waals surface area contributed by atoms with Crippen LogP contribution in [-0.2, 0) is 4.74 Å². The second-order valence-corrected chi connectivity index (χ2v) is 8.66. The normalized spacial score (nSPS) is 15.6. The highest BCUT2D eigenvalue weighted by molar-refractivity contribution is 6.27. The summed E-state index contributed by atoms with van der Waals surface area (Å²) in [6.45, 7) is 6.67. The minimum absolute atomic E-state index is 0.0314. The van der Waals surface area contributed by atoms with Gasteiger partial charge in [-0.1, -0.05) is 0 Å². The Hall–Kier alpha value is -4.15. The predicted octanol–water partition coefficient (Wildman–Crippen LogP) is 2.78. The molecule has 10 nitrogen and oxygen atoms in total. The Kier molecular flexibility index (Phi) is 6.70.